The third-order valence-electron chi connectivity index (χ3n) is 3.18. The highest BCUT2D eigenvalue weighted by molar-refractivity contribution is 5.89. The van der Waals surface area contributed by atoms with Gasteiger partial charge in [-0.25, -0.2) is 0 Å². The minimum absolute atomic E-state index is 0.280. The summed E-state index contributed by atoms with van der Waals surface area (Å²) in [5.74, 6) is 0. The summed E-state index contributed by atoms with van der Waals surface area (Å²) in [6.07, 6.45) is 1.78. The maximum atomic E-state index is 6.13. The van der Waals surface area contributed by atoms with E-state index in [9.17, 15) is 0 Å². The van der Waals surface area contributed by atoms with Crippen LogP contribution in [0.2, 0.25) is 0 Å². The van der Waals surface area contributed by atoms with Gasteiger partial charge in [0.1, 0.15) is 0 Å². The molecule has 0 radical (unpaired) electrons. The molecule has 1 aromatic heterocycles. The van der Waals surface area contributed by atoms with Gasteiger partial charge in [0.15, 0.2) is 0 Å². The fourth-order valence-corrected chi connectivity index (χ4v) is 2.30. The van der Waals surface area contributed by atoms with Gasteiger partial charge in [-0.2, -0.15) is 5.10 Å². The Morgan fingerprint density at radius 3 is 2.94 bits per heavy atom. The number of nitrogens with two attached hydrogens (primary N) is 1. The van der Waals surface area contributed by atoms with Crippen molar-refractivity contribution in [1.82, 2.24) is 10.2 Å². The molecule has 18 heavy (non-hydrogen) atoms. The van der Waals surface area contributed by atoms with Crippen LogP contribution in [0.5, 0.6) is 0 Å². The number of aromatic amines is 1. The summed E-state index contributed by atoms with van der Waals surface area (Å²) in [5, 5.41) is 8.03. The lowest BCUT2D eigenvalue weighted by molar-refractivity contribution is 0.182. The van der Waals surface area contributed by atoms with Crippen LogP contribution in [0.1, 0.15) is 13.8 Å². The second kappa shape index (κ2) is 5.27. The van der Waals surface area contributed by atoms with Crippen LogP contribution in [0.15, 0.2) is 18.3 Å². The van der Waals surface area contributed by atoms with Crippen LogP contribution in [0.25, 0.3) is 10.9 Å². The van der Waals surface area contributed by atoms with E-state index in [0.29, 0.717) is 6.61 Å². The first kappa shape index (κ1) is 12.7. The lowest BCUT2D eigenvalue weighted by Gasteiger charge is -2.30. The molecule has 5 nitrogen and oxygen atoms in total. The zero-order valence-electron chi connectivity index (χ0n) is 11.1. The Bertz CT molecular complexity index is 523. The van der Waals surface area contributed by atoms with E-state index in [1.54, 1.807) is 13.3 Å². The van der Waals surface area contributed by atoms with E-state index in [4.69, 9.17) is 10.5 Å². The van der Waals surface area contributed by atoms with Gasteiger partial charge in [-0.3, -0.25) is 5.10 Å². The Morgan fingerprint density at radius 2 is 2.28 bits per heavy atom. The third kappa shape index (κ3) is 2.26. The highest BCUT2D eigenvalue weighted by Gasteiger charge is 2.16. The third-order valence-corrected chi connectivity index (χ3v) is 3.18. The number of ether oxygens (including phenoxy) is 1. The van der Waals surface area contributed by atoms with Crippen molar-refractivity contribution in [2.75, 3.05) is 30.9 Å². The van der Waals surface area contributed by atoms with Gasteiger partial charge in [-0.15, -0.1) is 0 Å². The normalized spacial score (nSPS) is 12.8. The van der Waals surface area contributed by atoms with E-state index < -0.39 is 0 Å². The van der Waals surface area contributed by atoms with Gasteiger partial charge in [-0.1, -0.05) is 0 Å². The van der Waals surface area contributed by atoms with Gasteiger partial charge in [0, 0.05) is 25.1 Å². The van der Waals surface area contributed by atoms with Crippen LogP contribution >= 0.6 is 0 Å². The van der Waals surface area contributed by atoms with E-state index in [1.807, 2.05) is 12.1 Å². The summed E-state index contributed by atoms with van der Waals surface area (Å²) in [6, 6.07) is 4.28. The lowest BCUT2D eigenvalue weighted by Crippen LogP contribution is -2.36. The summed E-state index contributed by atoms with van der Waals surface area (Å²) in [4.78, 5) is 2.24. The molecular formula is C13H20N4O. The number of methoxy groups -OCH3 is 1. The van der Waals surface area contributed by atoms with E-state index in [-0.39, 0.29) is 6.04 Å². The molecule has 5 heteroatoms. The average molecular weight is 248 g/mol. The van der Waals surface area contributed by atoms with Crippen LogP contribution in [-0.2, 0) is 4.74 Å². The predicted molar refractivity (Wildman–Crippen MR) is 74.9 cm³/mol. The first-order chi connectivity index (χ1) is 8.67. The zero-order valence-corrected chi connectivity index (χ0v) is 11.1. The Balaban J connectivity index is 2.40. The number of nitrogens with zero attached hydrogens (tertiary/aromatic N) is 2. The van der Waals surface area contributed by atoms with E-state index in [2.05, 4.69) is 28.9 Å². The molecule has 0 saturated heterocycles. The Morgan fingerprint density at radius 1 is 1.50 bits per heavy atom. The Hall–Kier alpha value is -1.75. The molecule has 2 aromatic rings. The number of hydrogen-bond donors (Lipinski definition) is 2. The van der Waals surface area contributed by atoms with Gasteiger partial charge in [-0.05, 0) is 26.0 Å². The molecule has 1 unspecified atom stereocenters. The van der Waals surface area contributed by atoms with Crippen LogP contribution in [0, 0.1) is 0 Å². The molecule has 2 rings (SSSR count). The molecule has 0 spiro atoms. The molecule has 1 atom stereocenters. The summed E-state index contributed by atoms with van der Waals surface area (Å²) in [5.41, 5.74) is 8.93. The van der Waals surface area contributed by atoms with Crippen molar-refractivity contribution in [3.05, 3.63) is 18.3 Å². The second-order valence-electron chi connectivity index (χ2n) is 4.46. The summed E-state index contributed by atoms with van der Waals surface area (Å²) in [7, 11) is 1.71. The molecular weight excluding hydrogens is 228 g/mol. The predicted octanol–water partition coefficient (Wildman–Crippen LogP) is 2.01. The molecule has 1 heterocycles. The number of fused-ring (bicyclic) bond motifs is 1. The fraction of sp³-hybridized carbons (Fsp3) is 0.462. The molecule has 0 bridgehead atoms. The van der Waals surface area contributed by atoms with Gasteiger partial charge >= 0.3 is 0 Å². The molecule has 0 fully saturated rings. The zero-order chi connectivity index (χ0) is 13.1. The van der Waals surface area contributed by atoms with E-state index in [0.717, 1.165) is 28.8 Å². The maximum absolute atomic E-state index is 6.13. The molecule has 0 saturated carbocycles. The minimum Gasteiger partial charge on any atom is -0.397 e. The highest BCUT2D eigenvalue weighted by atomic mass is 16.5. The van der Waals surface area contributed by atoms with Crippen molar-refractivity contribution >= 4 is 22.3 Å². The fourth-order valence-electron chi connectivity index (χ4n) is 2.30. The van der Waals surface area contributed by atoms with Crippen LogP contribution in [0.4, 0.5) is 11.4 Å². The number of benzene rings is 1. The Kier molecular flexibility index (Phi) is 3.72. The van der Waals surface area contributed by atoms with Crippen molar-refractivity contribution in [1.29, 1.82) is 0 Å². The van der Waals surface area contributed by atoms with Gasteiger partial charge in [0.05, 0.1) is 29.7 Å². The molecule has 0 aliphatic heterocycles. The summed E-state index contributed by atoms with van der Waals surface area (Å²) in [6.45, 7) is 5.80. The first-order valence-electron chi connectivity index (χ1n) is 6.15. The molecule has 0 amide bonds. The number of H-pyrrole nitrogens is 1. The largest absolute Gasteiger partial charge is 0.397 e. The van der Waals surface area contributed by atoms with Crippen LogP contribution < -0.4 is 10.6 Å². The first-order valence-corrected chi connectivity index (χ1v) is 6.15. The molecule has 98 valence electrons. The number of rotatable bonds is 5. The summed E-state index contributed by atoms with van der Waals surface area (Å²) < 4.78 is 5.22. The van der Waals surface area contributed by atoms with Gasteiger partial charge in [0.2, 0.25) is 0 Å². The maximum Gasteiger partial charge on any atom is 0.0672 e. The van der Waals surface area contributed by atoms with E-state index in [1.165, 1.54) is 0 Å². The smallest absolute Gasteiger partial charge is 0.0672 e. The molecule has 0 aliphatic carbocycles. The lowest BCUT2D eigenvalue weighted by atomic mass is 10.1. The minimum atomic E-state index is 0.280. The van der Waals surface area contributed by atoms with Gasteiger partial charge in [0.25, 0.3) is 0 Å². The molecule has 1 aromatic carbocycles. The quantitative estimate of drug-likeness (QED) is 0.794. The van der Waals surface area contributed by atoms with Crippen molar-refractivity contribution in [3.8, 4) is 0 Å². The topological polar surface area (TPSA) is 67.2 Å². The number of anilines is 2. The van der Waals surface area contributed by atoms with Crippen molar-refractivity contribution in [3.63, 3.8) is 0 Å². The second-order valence-corrected chi connectivity index (χ2v) is 4.46. The van der Waals surface area contributed by atoms with Crippen molar-refractivity contribution in [2.24, 2.45) is 0 Å². The van der Waals surface area contributed by atoms with Crippen LogP contribution in [-0.4, -0.2) is 36.5 Å². The number of nitrogen functional groups attached to an aromatic ring is 1. The number of aromatic nitrogens is 2. The van der Waals surface area contributed by atoms with E-state index >= 15 is 0 Å². The number of nitrogens with one attached hydrogen (secondary N) is 1. The van der Waals surface area contributed by atoms with Crippen molar-refractivity contribution < 1.29 is 4.74 Å². The SMILES string of the molecule is CCN(c1cc2[nH]ncc2cc1N)C(C)COC. The summed E-state index contributed by atoms with van der Waals surface area (Å²) >= 11 is 0. The van der Waals surface area contributed by atoms with Gasteiger partial charge < -0.3 is 15.4 Å². The number of likely N-dealkylation sites (N-methyl/N-ethyl adjacent to an activating group) is 1. The Labute approximate surface area is 107 Å². The molecule has 0 aliphatic rings. The highest BCUT2D eigenvalue weighted by Crippen LogP contribution is 2.29. The van der Waals surface area contributed by atoms with Crippen molar-refractivity contribution in [2.45, 2.75) is 19.9 Å². The average Bonchev–Trinajstić information content (AvgIpc) is 2.77. The standard InChI is InChI=1S/C13H20N4O/c1-4-17(9(2)8-18-3)13-6-12-10(5-11(13)14)7-15-16-12/h5-7,9H,4,8,14H2,1-3H3,(H,15,16). The monoisotopic (exact) mass is 248 g/mol. The molecule has 3 N–H and O–H groups in total. The van der Waals surface area contributed by atoms with Crippen LogP contribution in [0.3, 0.4) is 0 Å². The number of hydrogen-bond acceptors (Lipinski definition) is 4.